The van der Waals surface area contributed by atoms with E-state index in [-0.39, 0.29) is 27.8 Å². The zero-order valence-corrected chi connectivity index (χ0v) is 18.5. The molecule has 0 saturated carbocycles. The van der Waals surface area contributed by atoms with Crippen LogP contribution in [-0.2, 0) is 14.8 Å². The highest BCUT2D eigenvalue weighted by Crippen LogP contribution is 2.23. The molecule has 1 amide bonds. The Morgan fingerprint density at radius 3 is 2.45 bits per heavy atom. The zero-order chi connectivity index (χ0) is 21.2. The lowest BCUT2D eigenvalue weighted by atomic mass is 10.3. The molecule has 0 bridgehead atoms. The predicted octanol–water partition coefficient (Wildman–Crippen LogP) is 2.90. The molecule has 0 radical (unpaired) electrons. The highest BCUT2D eigenvalue weighted by molar-refractivity contribution is 7.98. The first-order valence-electron chi connectivity index (χ1n) is 8.84. The van der Waals surface area contributed by atoms with E-state index >= 15 is 0 Å². The summed E-state index contributed by atoms with van der Waals surface area (Å²) in [4.78, 5) is 20.7. The number of ether oxygens (including phenoxy) is 1. The van der Waals surface area contributed by atoms with Gasteiger partial charge in [-0.3, -0.25) is 4.79 Å². The largest absolute Gasteiger partial charge is 0.373 e. The van der Waals surface area contributed by atoms with Crippen molar-refractivity contribution in [1.29, 1.82) is 0 Å². The monoisotopic (exact) mass is 456 g/mol. The molecule has 0 unspecified atom stereocenters. The number of benzene rings is 1. The number of halogens is 1. The molecule has 2 heterocycles. The van der Waals surface area contributed by atoms with Crippen LogP contribution in [0.5, 0.6) is 0 Å². The van der Waals surface area contributed by atoms with Crippen molar-refractivity contribution < 1.29 is 17.9 Å². The van der Waals surface area contributed by atoms with E-state index in [0.717, 1.165) is 0 Å². The van der Waals surface area contributed by atoms with Crippen LogP contribution in [0.1, 0.15) is 24.3 Å². The second-order valence-corrected chi connectivity index (χ2v) is 9.73. The van der Waals surface area contributed by atoms with Crippen LogP contribution >= 0.6 is 23.4 Å². The molecule has 1 saturated heterocycles. The fourth-order valence-corrected chi connectivity index (χ4v) is 5.09. The van der Waals surface area contributed by atoms with E-state index < -0.39 is 15.9 Å². The molecule has 1 aromatic heterocycles. The summed E-state index contributed by atoms with van der Waals surface area (Å²) in [7, 11) is -3.64. The van der Waals surface area contributed by atoms with Gasteiger partial charge in [-0.15, -0.1) is 0 Å². The number of sulfonamides is 1. The van der Waals surface area contributed by atoms with Crippen LogP contribution in [0.2, 0.25) is 5.02 Å². The number of anilines is 1. The van der Waals surface area contributed by atoms with Crippen molar-refractivity contribution in [1.82, 2.24) is 14.3 Å². The number of amides is 1. The van der Waals surface area contributed by atoms with E-state index in [1.807, 2.05) is 13.8 Å². The molecule has 2 atom stereocenters. The Kier molecular flexibility index (Phi) is 6.79. The quantitative estimate of drug-likeness (QED) is 0.545. The summed E-state index contributed by atoms with van der Waals surface area (Å²) < 4.78 is 32.8. The summed E-state index contributed by atoms with van der Waals surface area (Å²) in [6.45, 7) is 4.29. The summed E-state index contributed by atoms with van der Waals surface area (Å²) in [6.07, 6.45) is 2.82. The van der Waals surface area contributed by atoms with Gasteiger partial charge in [-0.25, -0.2) is 18.4 Å². The van der Waals surface area contributed by atoms with Gasteiger partial charge in [0, 0.05) is 18.8 Å². The van der Waals surface area contributed by atoms with Gasteiger partial charge in [-0.2, -0.15) is 4.31 Å². The molecule has 29 heavy (non-hydrogen) atoms. The molecule has 8 nitrogen and oxygen atoms in total. The molecule has 11 heteroatoms. The van der Waals surface area contributed by atoms with Crippen LogP contribution in [-0.4, -0.2) is 60.2 Å². The van der Waals surface area contributed by atoms with Crippen LogP contribution in [0.15, 0.2) is 40.5 Å². The Bertz CT molecular complexity index is 991. The summed E-state index contributed by atoms with van der Waals surface area (Å²) in [5, 5.41) is 3.23. The summed E-state index contributed by atoms with van der Waals surface area (Å²) in [5.74, 6) is -0.501. The molecule has 0 aliphatic carbocycles. The molecule has 0 spiro atoms. The molecule has 1 aliphatic heterocycles. The minimum absolute atomic E-state index is 0.0546. The topological polar surface area (TPSA) is 101 Å². The average Bonchev–Trinajstić information content (AvgIpc) is 2.68. The van der Waals surface area contributed by atoms with Crippen LogP contribution in [0.3, 0.4) is 0 Å². The van der Waals surface area contributed by atoms with E-state index in [9.17, 15) is 13.2 Å². The van der Waals surface area contributed by atoms with E-state index in [2.05, 4.69) is 15.3 Å². The van der Waals surface area contributed by atoms with Crippen LogP contribution in [0, 0.1) is 0 Å². The van der Waals surface area contributed by atoms with E-state index in [0.29, 0.717) is 23.9 Å². The molecule has 1 aromatic carbocycles. The molecular formula is C18H21ClN4O4S2. The number of hydrogen-bond acceptors (Lipinski definition) is 7. The third-order valence-corrected chi connectivity index (χ3v) is 6.94. The van der Waals surface area contributed by atoms with E-state index in [1.54, 1.807) is 6.26 Å². The lowest BCUT2D eigenvalue weighted by Crippen LogP contribution is -2.48. The standard InChI is InChI=1S/C18H21ClN4O4S2/c1-11-9-23(10-12(2)27-11)29(25,26)14-6-4-13(5-7-14)21-17(24)16-15(19)8-20-18(22-16)28-3/h4-8,11-12H,9-10H2,1-3H3,(H,21,24)/t11-,12-/m0/s1. The summed E-state index contributed by atoms with van der Waals surface area (Å²) in [5.41, 5.74) is 0.483. The molecule has 1 aliphatic rings. The molecule has 2 aromatic rings. The third-order valence-electron chi connectivity index (χ3n) is 4.26. The number of thioether (sulfide) groups is 1. The first-order chi connectivity index (χ1) is 13.7. The Hall–Kier alpha value is -1.72. The molecular weight excluding hydrogens is 436 g/mol. The van der Waals surface area contributed by atoms with Crippen molar-refractivity contribution in [3.63, 3.8) is 0 Å². The lowest BCUT2D eigenvalue weighted by molar-refractivity contribution is -0.0440. The van der Waals surface area contributed by atoms with Gasteiger partial charge in [-0.05, 0) is 44.4 Å². The van der Waals surface area contributed by atoms with Gasteiger partial charge in [0.2, 0.25) is 10.0 Å². The van der Waals surface area contributed by atoms with Gasteiger partial charge in [-0.1, -0.05) is 23.4 Å². The van der Waals surface area contributed by atoms with E-state index in [4.69, 9.17) is 16.3 Å². The molecule has 1 N–H and O–H groups in total. The number of carbonyl (C=O) groups excluding carboxylic acids is 1. The van der Waals surface area contributed by atoms with Gasteiger partial charge < -0.3 is 10.1 Å². The maximum absolute atomic E-state index is 12.9. The highest BCUT2D eigenvalue weighted by atomic mass is 35.5. The van der Waals surface area contributed by atoms with Crippen LogP contribution in [0.4, 0.5) is 5.69 Å². The van der Waals surface area contributed by atoms with Crippen molar-refractivity contribution in [2.45, 2.75) is 36.1 Å². The van der Waals surface area contributed by atoms with Gasteiger partial charge >= 0.3 is 0 Å². The van der Waals surface area contributed by atoms with Crippen molar-refractivity contribution in [3.05, 3.63) is 41.2 Å². The second kappa shape index (κ2) is 8.97. The first-order valence-corrected chi connectivity index (χ1v) is 11.9. The molecule has 3 rings (SSSR count). The minimum atomic E-state index is -3.64. The van der Waals surface area contributed by atoms with Gasteiger partial charge in [0.05, 0.1) is 28.3 Å². The zero-order valence-electron chi connectivity index (χ0n) is 16.1. The minimum Gasteiger partial charge on any atom is -0.373 e. The summed E-state index contributed by atoms with van der Waals surface area (Å²) >= 11 is 7.31. The third kappa shape index (κ3) is 5.07. The van der Waals surface area contributed by atoms with Gasteiger partial charge in [0.25, 0.3) is 5.91 Å². The smallest absolute Gasteiger partial charge is 0.275 e. The van der Waals surface area contributed by atoms with Crippen LogP contribution < -0.4 is 5.32 Å². The SMILES string of the molecule is CSc1ncc(Cl)c(C(=O)Nc2ccc(S(=O)(=O)N3C[C@H](C)O[C@@H](C)C3)cc2)n1. The fourth-order valence-electron chi connectivity index (χ4n) is 2.99. The number of morpholine rings is 1. The van der Waals surface area contributed by atoms with Crippen molar-refractivity contribution >= 4 is 45.0 Å². The Labute approximate surface area is 179 Å². The first kappa shape index (κ1) is 22.0. The Morgan fingerprint density at radius 2 is 1.86 bits per heavy atom. The van der Waals surface area contributed by atoms with Gasteiger partial charge in [0.15, 0.2) is 10.9 Å². The fraction of sp³-hybridized carbons (Fsp3) is 0.389. The maximum atomic E-state index is 12.9. The normalized spacial score (nSPS) is 20.4. The highest BCUT2D eigenvalue weighted by Gasteiger charge is 2.32. The van der Waals surface area contributed by atoms with Crippen LogP contribution in [0.25, 0.3) is 0 Å². The van der Waals surface area contributed by atoms with Gasteiger partial charge in [0.1, 0.15) is 0 Å². The lowest BCUT2D eigenvalue weighted by Gasteiger charge is -2.34. The maximum Gasteiger partial charge on any atom is 0.275 e. The molecule has 1 fully saturated rings. The number of nitrogens with one attached hydrogen (secondary N) is 1. The number of carbonyl (C=O) groups is 1. The number of hydrogen-bond donors (Lipinski definition) is 1. The number of rotatable bonds is 5. The predicted molar refractivity (Wildman–Crippen MR) is 112 cm³/mol. The Morgan fingerprint density at radius 1 is 1.24 bits per heavy atom. The van der Waals surface area contributed by atoms with Crippen molar-refractivity contribution in [3.8, 4) is 0 Å². The van der Waals surface area contributed by atoms with Crippen molar-refractivity contribution in [2.24, 2.45) is 0 Å². The second-order valence-electron chi connectivity index (χ2n) is 6.61. The number of aromatic nitrogens is 2. The van der Waals surface area contributed by atoms with E-state index in [1.165, 1.54) is 46.5 Å². The number of nitrogens with zero attached hydrogens (tertiary/aromatic N) is 3. The average molecular weight is 457 g/mol. The van der Waals surface area contributed by atoms with Crippen molar-refractivity contribution in [2.75, 3.05) is 24.7 Å². The molecule has 156 valence electrons. The Balaban J connectivity index is 1.76. The summed E-state index contributed by atoms with van der Waals surface area (Å²) in [6, 6.07) is 5.99.